The van der Waals surface area contributed by atoms with Gasteiger partial charge in [0.05, 0.1) is 6.61 Å². The average molecular weight is 288 g/mol. The molecule has 3 nitrogen and oxygen atoms in total. The van der Waals surface area contributed by atoms with Crippen LogP contribution in [0.1, 0.15) is 50.9 Å². The van der Waals surface area contributed by atoms with E-state index in [1.807, 2.05) is 18.2 Å². The van der Waals surface area contributed by atoms with Crippen LogP contribution in [0.5, 0.6) is 0 Å². The molecule has 1 aromatic carbocycles. The number of hydrogen-bond acceptors (Lipinski definition) is 3. The van der Waals surface area contributed by atoms with Gasteiger partial charge in [-0.1, -0.05) is 51.1 Å². The van der Waals surface area contributed by atoms with E-state index >= 15 is 0 Å². The number of Topliss-reactive ketones (excluding diaryl/α,β-unsaturated/α-hetero) is 1. The van der Waals surface area contributed by atoms with Crippen LogP contribution in [0, 0.1) is 16.7 Å². The molecule has 2 rings (SSSR count). The number of carbonyl (C=O) groups is 2. The van der Waals surface area contributed by atoms with Gasteiger partial charge in [0, 0.05) is 5.56 Å². The zero-order valence-electron chi connectivity index (χ0n) is 13.3. The number of ketones is 1. The summed E-state index contributed by atoms with van der Waals surface area (Å²) in [7, 11) is 0. The topological polar surface area (TPSA) is 43.4 Å². The summed E-state index contributed by atoms with van der Waals surface area (Å²) in [6, 6.07) is 9.06. The fourth-order valence-corrected chi connectivity index (χ4v) is 2.97. The fraction of sp³-hybridized carbons (Fsp3) is 0.556. The van der Waals surface area contributed by atoms with Crippen molar-refractivity contribution in [2.75, 3.05) is 6.61 Å². The Bertz CT molecular complexity index is 519. The molecule has 0 aromatic heterocycles. The first kappa shape index (κ1) is 15.7. The third-order valence-electron chi connectivity index (χ3n) is 4.55. The van der Waals surface area contributed by atoms with E-state index in [0.717, 1.165) is 0 Å². The predicted molar refractivity (Wildman–Crippen MR) is 82.0 cm³/mol. The Hall–Kier alpha value is -1.64. The Kier molecular flexibility index (Phi) is 4.22. The molecule has 0 spiro atoms. The summed E-state index contributed by atoms with van der Waals surface area (Å²) in [6.07, 6.45) is 1.17. The van der Waals surface area contributed by atoms with E-state index in [1.54, 1.807) is 19.1 Å². The molecule has 21 heavy (non-hydrogen) atoms. The van der Waals surface area contributed by atoms with Crippen LogP contribution < -0.4 is 0 Å². The van der Waals surface area contributed by atoms with Gasteiger partial charge in [0.15, 0.2) is 5.78 Å². The van der Waals surface area contributed by atoms with Crippen LogP contribution in [-0.4, -0.2) is 18.4 Å². The van der Waals surface area contributed by atoms with Crippen molar-refractivity contribution < 1.29 is 14.3 Å². The first-order valence-corrected chi connectivity index (χ1v) is 7.58. The third-order valence-corrected chi connectivity index (χ3v) is 4.55. The van der Waals surface area contributed by atoms with Gasteiger partial charge in [-0.15, -0.1) is 0 Å². The van der Waals surface area contributed by atoms with Crippen molar-refractivity contribution in [1.82, 2.24) is 0 Å². The van der Waals surface area contributed by atoms with Crippen molar-refractivity contribution >= 4 is 11.8 Å². The highest BCUT2D eigenvalue weighted by molar-refractivity contribution is 6.13. The summed E-state index contributed by atoms with van der Waals surface area (Å²) in [5.74, 6) is -0.0871. The van der Waals surface area contributed by atoms with Gasteiger partial charge >= 0.3 is 5.97 Å². The smallest absolute Gasteiger partial charge is 0.320 e. The lowest BCUT2D eigenvalue weighted by molar-refractivity contribution is -0.162. The molecule has 114 valence electrons. The van der Waals surface area contributed by atoms with E-state index < -0.39 is 5.41 Å². The van der Waals surface area contributed by atoms with Crippen molar-refractivity contribution in [2.24, 2.45) is 16.7 Å². The summed E-state index contributed by atoms with van der Waals surface area (Å²) in [5.41, 5.74) is -0.277. The first-order chi connectivity index (χ1) is 9.81. The number of hydrogen-bond donors (Lipinski definition) is 0. The highest BCUT2D eigenvalue weighted by atomic mass is 16.5. The molecule has 0 saturated heterocycles. The lowest BCUT2D eigenvalue weighted by Gasteiger charge is -2.49. The molecule has 0 radical (unpaired) electrons. The van der Waals surface area contributed by atoms with Crippen LogP contribution in [-0.2, 0) is 9.53 Å². The normalized spacial score (nSPS) is 25.0. The van der Waals surface area contributed by atoms with Gasteiger partial charge in [-0.05, 0) is 31.1 Å². The van der Waals surface area contributed by atoms with Crippen molar-refractivity contribution in [3.63, 3.8) is 0 Å². The molecule has 3 heteroatoms. The number of rotatable bonds is 4. The summed E-state index contributed by atoms with van der Waals surface area (Å²) in [5, 5.41) is 0. The summed E-state index contributed by atoms with van der Waals surface area (Å²) < 4.78 is 5.19. The first-order valence-electron chi connectivity index (χ1n) is 7.58. The molecule has 1 saturated carbocycles. The molecule has 0 heterocycles. The lowest BCUT2D eigenvalue weighted by atomic mass is 9.52. The van der Waals surface area contributed by atoms with Crippen LogP contribution in [0.2, 0.25) is 0 Å². The highest BCUT2D eigenvalue weighted by Gasteiger charge is 2.59. The molecule has 1 aliphatic rings. The minimum absolute atomic E-state index is 0.0953. The summed E-state index contributed by atoms with van der Waals surface area (Å²) in [4.78, 5) is 25.2. The quantitative estimate of drug-likeness (QED) is 0.480. The van der Waals surface area contributed by atoms with Crippen LogP contribution >= 0.6 is 0 Å². The van der Waals surface area contributed by atoms with Gasteiger partial charge in [0.2, 0.25) is 0 Å². The number of esters is 1. The average Bonchev–Trinajstić information content (AvgIpc) is 2.37. The molecule has 0 amide bonds. The van der Waals surface area contributed by atoms with E-state index in [4.69, 9.17) is 4.74 Å². The molecule has 0 bridgehead atoms. The SMILES string of the molecule is CCOC(=O)C1(C(=O)c2ccccc2)CC(C(C)(C)C)C1. The monoisotopic (exact) mass is 288 g/mol. The van der Waals surface area contributed by atoms with E-state index in [2.05, 4.69) is 20.8 Å². The second-order valence-electron chi connectivity index (χ2n) is 6.97. The Balaban J connectivity index is 2.27. The Labute approximate surface area is 126 Å². The molecule has 0 N–H and O–H groups in total. The van der Waals surface area contributed by atoms with Crippen LogP contribution in [0.15, 0.2) is 30.3 Å². The Morgan fingerprint density at radius 2 is 1.76 bits per heavy atom. The molecular formula is C18H24O3. The lowest BCUT2D eigenvalue weighted by Crippen LogP contribution is -2.53. The molecule has 0 aliphatic heterocycles. The van der Waals surface area contributed by atoms with Crippen LogP contribution in [0.4, 0.5) is 0 Å². The van der Waals surface area contributed by atoms with Gasteiger partial charge in [-0.3, -0.25) is 9.59 Å². The van der Waals surface area contributed by atoms with Crippen molar-refractivity contribution in [2.45, 2.75) is 40.5 Å². The van der Waals surface area contributed by atoms with E-state index in [1.165, 1.54) is 0 Å². The van der Waals surface area contributed by atoms with E-state index in [-0.39, 0.29) is 17.2 Å². The van der Waals surface area contributed by atoms with Crippen molar-refractivity contribution in [3.05, 3.63) is 35.9 Å². The standard InChI is InChI=1S/C18H24O3/c1-5-21-16(20)18(11-14(12-18)17(2,3)4)15(19)13-9-7-6-8-10-13/h6-10,14H,5,11-12H2,1-4H3. The van der Waals surface area contributed by atoms with Gasteiger partial charge in [0.1, 0.15) is 5.41 Å². The van der Waals surface area contributed by atoms with Gasteiger partial charge < -0.3 is 4.74 Å². The minimum Gasteiger partial charge on any atom is -0.465 e. The minimum atomic E-state index is -0.977. The molecular weight excluding hydrogens is 264 g/mol. The maximum absolute atomic E-state index is 12.8. The molecule has 1 aromatic rings. The van der Waals surface area contributed by atoms with Crippen molar-refractivity contribution in [1.29, 1.82) is 0 Å². The maximum atomic E-state index is 12.8. The number of ether oxygens (including phenoxy) is 1. The van der Waals surface area contributed by atoms with Crippen LogP contribution in [0.25, 0.3) is 0 Å². The number of carbonyl (C=O) groups excluding carboxylic acids is 2. The summed E-state index contributed by atoms with van der Waals surface area (Å²) >= 11 is 0. The molecule has 1 fully saturated rings. The largest absolute Gasteiger partial charge is 0.465 e. The second kappa shape index (κ2) is 5.63. The fourth-order valence-electron chi connectivity index (χ4n) is 2.97. The zero-order chi connectivity index (χ0) is 15.7. The molecule has 1 aliphatic carbocycles. The van der Waals surface area contributed by atoms with Gasteiger partial charge in [0.25, 0.3) is 0 Å². The zero-order valence-corrected chi connectivity index (χ0v) is 13.3. The van der Waals surface area contributed by atoms with Gasteiger partial charge in [-0.2, -0.15) is 0 Å². The van der Waals surface area contributed by atoms with E-state index in [0.29, 0.717) is 30.9 Å². The van der Waals surface area contributed by atoms with Gasteiger partial charge in [-0.25, -0.2) is 0 Å². The Morgan fingerprint density at radius 3 is 2.24 bits per heavy atom. The molecule has 0 atom stereocenters. The van der Waals surface area contributed by atoms with E-state index in [9.17, 15) is 9.59 Å². The second-order valence-corrected chi connectivity index (χ2v) is 6.97. The third kappa shape index (κ3) is 2.87. The number of benzene rings is 1. The molecule has 0 unspecified atom stereocenters. The maximum Gasteiger partial charge on any atom is 0.320 e. The van der Waals surface area contributed by atoms with Crippen molar-refractivity contribution in [3.8, 4) is 0 Å². The van der Waals surface area contributed by atoms with Crippen LogP contribution in [0.3, 0.4) is 0 Å². The Morgan fingerprint density at radius 1 is 1.19 bits per heavy atom. The predicted octanol–water partition coefficient (Wildman–Crippen LogP) is 3.87. The highest BCUT2D eigenvalue weighted by Crippen LogP contribution is 2.55. The summed E-state index contributed by atoms with van der Waals surface area (Å²) in [6.45, 7) is 8.54.